The Bertz CT molecular complexity index is 2030. The first-order chi connectivity index (χ1) is 19.5. The summed E-state index contributed by atoms with van der Waals surface area (Å²) in [6.45, 7) is 0. The van der Waals surface area contributed by atoms with Crippen LogP contribution in [-0.2, 0) is 6.42 Å². The molecule has 3 aromatic carbocycles. The number of carboxylic acids is 1. The van der Waals surface area contributed by atoms with Gasteiger partial charge in [-0.05, 0) is 59.9 Å². The zero-order valence-electron chi connectivity index (χ0n) is 21.0. The summed E-state index contributed by atoms with van der Waals surface area (Å²) in [6.07, 6.45) is 3.46. The molecule has 6 nitrogen and oxygen atoms in total. The monoisotopic (exact) mass is 564 g/mol. The molecule has 0 spiro atoms. The van der Waals surface area contributed by atoms with E-state index in [0.717, 1.165) is 35.2 Å². The largest absolute Gasteiger partial charge is 0.478 e. The van der Waals surface area contributed by atoms with Crippen molar-refractivity contribution >= 4 is 40.7 Å². The Labute approximate surface area is 237 Å². The van der Waals surface area contributed by atoms with Gasteiger partial charge in [-0.2, -0.15) is 0 Å². The van der Waals surface area contributed by atoms with E-state index in [1.54, 1.807) is 28.8 Å². The lowest BCUT2D eigenvalue weighted by molar-refractivity contribution is 0.0697. The summed E-state index contributed by atoms with van der Waals surface area (Å²) in [4.78, 5) is 31.1. The number of furan rings is 1. The second kappa shape index (κ2) is 9.62. The zero-order valence-corrected chi connectivity index (χ0v) is 22.6. The summed E-state index contributed by atoms with van der Waals surface area (Å²) < 4.78 is 8.33. The van der Waals surface area contributed by atoms with Gasteiger partial charge in [-0.3, -0.25) is 9.36 Å². The van der Waals surface area contributed by atoms with E-state index in [9.17, 15) is 14.7 Å². The van der Waals surface area contributed by atoms with Gasteiger partial charge in [0.2, 0.25) is 0 Å². The molecule has 0 saturated carbocycles. The Morgan fingerprint density at radius 1 is 1.02 bits per heavy atom. The molecule has 40 heavy (non-hydrogen) atoms. The molecule has 7 rings (SSSR count). The minimum absolute atomic E-state index is 0.00289. The van der Waals surface area contributed by atoms with Crippen molar-refractivity contribution in [2.24, 2.45) is 4.99 Å². The van der Waals surface area contributed by atoms with Gasteiger partial charge in [0.15, 0.2) is 4.80 Å². The standard InChI is InChI=1S/C32H21ClN2O4S/c33-25-14-11-20(16-24(25)31(37)38)26-15-12-21(39-26)17-27-30(36)35-29(19-7-2-1-3-8-19)23-13-10-18-6-4-5-9-22(18)28(23)34-32(35)40-27/h1-9,11-12,14-17,29H,10,13H2,(H,37,38)/b27-17-/t29-/m0/s1. The minimum atomic E-state index is -1.11. The molecule has 0 saturated heterocycles. The van der Waals surface area contributed by atoms with E-state index in [4.69, 9.17) is 21.0 Å². The van der Waals surface area contributed by atoms with Crippen LogP contribution >= 0.6 is 22.9 Å². The van der Waals surface area contributed by atoms with Crippen molar-refractivity contribution in [3.63, 3.8) is 0 Å². The highest BCUT2D eigenvalue weighted by molar-refractivity contribution is 7.07. The van der Waals surface area contributed by atoms with Crippen LogP contribution in [0.25, 0.3) is 23.1 Å². The maximum absolute atomic E-state index is 13.9. The molecule has 1 aliphatic heterocycles. The summed E-state index contributed by atoms with van der Waals surface area (Å²) in [5.41, 5.74) is 6.01. The van der Waals surface area contributed by atoms with Gasteiger partial charge in [0.1, 0.15) is 11.5 Å². The fraction of sp³-hybridized carbons (Fsp3) is 0.0938. The minimum Gasteiger partial charge on any atom is -0.478 e. The van der Waals surface area contributed by atoms with Crippen molar-refractivity contribution in [1.82, 2.24) is 4.57 Å². The third-order valence-electron chi connectivity index (χ3n) is 7.37. The first-order valence-electron chi connectivity index (χ1n) is 12.8. The zero-order chi connectivity index (χ0) is 27.4. The van der Waals surface area contributed by atoms with E-state index in [1.807, 2.05) is 24.3 Å². The van der Waals surface area contributed by atoms with Crippen LogP contribution in [0.1, 0.15) is 45.3 Å². The maximum atomic E-state index is 13.9. The van der Waals surface area contributed by atoms with Gasteiger partial charge < -0.3 is 9.52 Å². The average molecular weight is 565 g/mol. The number of carboxylic acid groups (broad SMARTS) is 1. The van der Waals surface area contributed by atoms with E-state index in [2.05, 4.69) is 30.3 Å². The molecular formula is C32H21ClN2O4S. The smallest absolute Gasteiger partial charge is 0.337 e. The Kier molecular flexibility index (Phi) is 5.91. The molecule has 5 aromatic rings. The summed E-state index contributed by atoms with van der Waals surface area (Å²) in [5, 5.41) is 9.57. The number of allylic oxidation sites excluding steroid dienone is 1. The summed E-state index contributed by atoms with van der Waals surface area (Å²) >= 11 is 7.36. The fourth-order valence-corrected chi connectivity index (χ4v) is 6.69. The molecule has 3 heterocycles. The Morgan fingerprint density at radius 2 is 1.82 bits per heavy atom. The van der Waals surface area contributed by atoms with Gasteiger partial charge in [-0.25, -0.2) is 9.79 Å². The number of carbonyl (C=O) groups is 1. The molecule has 2 aliphatic rings. The third kappa shape index (κ3) is 4.06. The Hall–Kier alpha value is -4.46. The van der Waals surface area contributed by atoms with E-state index < -0.39 is 5.97 Å². The number of fused-ring (bicyclic) bond motifs is 3. The Balaban J connectivity index is 1.36. The van der Waals surface area contributed by atoms with Crippen LogP contribution in [0.15, 0.2) is 105 Å². The maximum Gasteiger partial charge on any atom is 0.337 e. The van der Waals surface area contributed by atoms with Crippen molar-refractivity contribution in [2.45, 2.75) is 18.9 Å². The van der Waals surface area contributed by atoms with Gasteiger partial charge >= 0.3 is 5.97 Å². The SMILES string of the molecule is O=C(O)c1cc(-c2ccc(/C=c3\sc4n(c3=O)[C@@H](c3ccccc3)C3=C(N=4)c4ccccc4CC3)o2)ccc1Cl. The van der Waals surface area contributed by atoms with Crippen molar-refractivity contribution in [2.75, 3.05) is 0 Å². The van der Waals surface area contributed by atoms with Gasteiger partial charge in [0, 0.05) is 17.2 Å². The van der Waals surface area contributed by atoms with Crippen LogP contribution in [0.5, 0.6) is 0 Å². The molecule has 0 radical (unpaired) electrons. The van der Waals surface area contributed by atoms with Crippen molar-refractivity contribution in [3.8, 4) is 11.3 Å². The van der Waals surface area contributed by atoms with E-state index in [-0.39, 0.29) is 22.2 Å². The van der Waals surface area contributed by atoms with Crippen LogP contribution in [0.2, 0.25) is 5.02 Å². The molecule has 196 valence electrons. The molecule has 0 bridgehead atoms. The highest BCUT2D eigenvalue weighted by Crippen LogP contribution is 2.41. The highest BCUT2D eigenvalue weighted by Gasteiger charge is 2.32. The van der Waals surface area contributed by atoms with Crippen LogP contribution in [0, 0.1) is 0 Å². The van der Waals surface area contributed by atoms with Crippen molar-refractivity contribution in [1.29, 1.82) is 0 Å². The topological polar surface area (TPSA) is 84.8 Å². The quantitative estimate of drug-likeness (QED) is 0.293. The fourth-order valence-electron chi connectivity index (χ4n) is 5.51. The molecular weight excluding hydrogens is 544 g/mol. The van der Waals surface area contributed by atoms with Gasteiger partial charge in [-0.1, -0.05) is 77.5 Å². The van der Waals surface area contributed by atoms with Crippen LogP contribution in [0.3, 0.4) is 0 Å². The Morgan fingerprint density at radius 3 is 2.65 bits per heavy atom. The summed E-state index contributed by atoms with van der Waals surface area (Å²) in [7, 11) is 0. The lowest BCUT2D eigenvalue weighted by Gasteiger charge is -2.30. The molecule has 2 aromatic heterocycles. The molecule has 1 atom stereocenters. The van der Waals surface area contributed by atoms with Crippen molar-refractivity contribution < 1.29 is 14.3 Å². The third-order valence-corrected chi connectivity index (χ3v) is 8.68. The first kappa shape index (κ1) is 24.6. The number of rotatable bonds is 4. The number of hydrogen-bond acceptors (Lipinski definition) is 5. The van der Waals surface area contributed by atoms with Gasteiger partial charge in [0.05, 0.1) is 26.9 Å². The van der Waals surface area contributed by atoms with Gasteiger partial charge in [0.25, 0.3) is 5.56 Å². The predicted octanol–water partition coefficient (Wildman–Crippen LogP) is 5.93. The predicted molar refractivity (Wildman–Crippen MR) is 155 cm³/mol. The number of halogens is 1. The normalized spacial score (nSPS) is 16.2. The lowest BCUT2D eigenvalue weighted by Crippen LogP contribution is -2.38. The number of hydrogen-bond donors (Lipinski definition) is 1. The number of aryl methyl sites for hydroxylation is 1. The lowest BCUT2D eigenvalue weighted by atomic mass is 9.83. The molecule has 0 amide bonds. The second-order valence-electron chi connectivity index (χ2n) is 9.73. The van der Waals surface area contributed by atoms with Crippen LogP contribution in [-0.4, -0.2) is 15.6 Å². The van der Waals surface area contributed by atoms with E-state index >= 15 is 0 Å². The number of aromatic nitrogens is 1. The van der Waals surface area contributed by atoms with Crippen LogP contribution in [0.4, 0.5) is 0 Å². The number of aromatic carboxylic acids is 1. The molecule has 0 fully saturated rings. The van der Waals surface area contributed by atoms with Crippen molar-refractivity contribution in [3.05, 3.63) is 143 Å². The first-order valence-corrected chi connectivity index (χ1v) is 14.0. The van der Waals surface area contributed by atoms with E-state index in [0.29, 0.717) is 26.4 Å². The molecule has 1 aliphatic carbocycles. The summed E-state index contributed by atoms with van der Waals surface area (Å²) in [6, 6.07) is 26.4. The highest BCUT2D eigenvalue weighted by atomic mass is 35.5. The molecule has 8 heteroatoms. The van der Waals surface area contributed by atoms with Gasteiger partial charge in [-0.15, -0.1) is 0 Å². The number of nitrogens with zero attached hydrogens (tertiary/aromatic N) is 2. The molecule has 0 unspecified atom stereocenters. The summed E-state index contributed by atoms with van der Waals surface area (Å²) in [5.74, 6) is -0.150. The second-order valence-corrected chi connectivity index (χ2v) is 11.1. The number of benzene rings is 3. The molecule has 1 N–H and O–H groups in total. The van der Waals surface area contributed by atoms with Crippen LogP contribution < -0.4 is 14.9 Å². The number of thiazole rings is 1. The van der Waals surface area contributed by atoms with E-state index in [1.165, 1.54) is 29.0 Å². The average Bonchev–Trinajstić information content (AvgIpc) is 3.56.